The van der Waals surface area contributed by atoms with Gasteiger partial charge in [0.05, 0.1) is 11.6 Å². The third kappa shape index (κ3) is 3.17. The highest BCUT2D eigenvalue weighted by atomic mass is 35.5. The highest BCUT2D eigenvalue weighted by molar-refractivity contribution is 7.12. The third-order valence-electron chi connectivity index (χ3n) is 2.30. The monoisotopic (exact) mass is 270 g/mol. The van der Waals surface area contributed by atoms with Gasteiger partial charge in [0.2, 0.25) is 0 Å². The number of pyridine rings is 1. The van der Waals surface area contributed by atoms with E-state index in [1.807, 2.05) is 6.07 Å². The van der Waals surface area contributed by atoms with E-state index in [9.17, 15) is 4.39 Å². The normalized spacial score (nSPS) is 10.5. The zero-order valence-corrected chi connectivity index (χ0v) is 10.9. The molecule has 90 valence electrons. The Morgan fingerprint density at radius 1 is 1.41 bits per heavy atom. The first kappa shape index (κ1) is 12.3. The smallest absolute Gasteiger partial charge is 0.166 e. The fourth-order valence-corrected chi connectivity index (χ4v) is 2.47. The summed E-state index contributed by atoms with van der Waals surface area (Å²) in [5, 5.41) is 3.26. The van der Waals surface area contributed by atoms with Crippen molar-refractivity contribution in [1.82, 2.24) is 4.98 Å². The fraction of sp³-hybridized carbons (Fsp3) is 0.250. The van der Waals surface area contributed by atoms with E-state index in [0.717, 1.165) is 11.3 Å². The minimum atomic E-state index is -0.426. The minimum absolute atomic E-state index is 0.237. The molecular formula is C12H12ClFN2S. The predicted molar refractivity (Wildman–Crippen MR) is 70.2 cm³/mol. The lowest BCUT2D eigenvalue weighted by atomic mass is 10.3. The maximum atomic E-state index is 13.4. The summed E-state index contributed by atoms with van der Waals surface area (Å²) in [4.78, 5) is 6.40. The molecule has 0 aliphatic rings. The molecule has 0 aliphatic carbocycles. The number of hydrogen-bond acceptors (Lipinski definition) is 3. The Morgan fingerprint density at radius 3 is 2.82 bits per heavy atom. The van der Waals surface area contributed by atoms with Gasteiger partial charge < -0.3 is 5.32 Å². The molecule has 2 aromatic heterocycles. The lowest BCUT2D eigenvalue weighted by molar-refractivity contribution is 0.624. The number of hydrogen-bond donors (Lipinski definition) is 1. The molecule has 5 heteroatoms. The van der Waals surface area contributed by atoms with Gasteiger partial charge in [0.25, 0.3) is 0 Å². The first-order valence-corrected chi connectivity index (χ1v) is 6.51. The zero-order valence-electron chi connectivity index (χ0n) is 9.34. The van der Waals surface area contributed by atoms with Crippen LogP contribution in [0.1, 0.15) is 16.7 Å². The molecule has 2 aromatic rings. The Morgan fingerprint density at radius 2 is 2.18 bits per heavy atom. The molecule has 0 fully saturated rings. The second-order valence-electron chi connectivity index (χ2n) is 3.56. The van der Waals surface area contributed by atoms with E-state index in [2.05, 4.69) is 23.3 Å². The van der Waals surface area contributed by atoms with Crippen molar-refractivity contribution >= 4 is 28.8 Å². The fourth-order valence-electron chi connectivity index (χ4n) is 1.42. The Balaban J connectivity index is 2.02. The summed E-state index contributed by atoms with van der Waals surface area (Å²) in [5.74, 6) is -0.189. The Hall–Kier alpha value is -1.13. The largest absolute Gasteiger partial charge is 0.363 e. The van der Waals surface area contributed by atoms with Gasteiger partial charge in [-0.3, -0.25) is 0 Å². The van der Waals surface area contributed by atoms with Gasteiger partial charge in [0.1, 0.15) is 0 Å². The lowest BCUT2D eigenvalue weighted by Crippen LogP contribution is -2.02. The van der Waals surface area contributed by atoms with Gasteiger partial charge in [-0.1, -0.05) is 18.5 Å². The van der Waals surface area contributed by atoms with Crippen LogP contribution in [-0.2, 0) is 13.0 Å². The third-order valence-corrected chi connectivity index (χ3v) is 3.74. The van der Waals surface area contributed by atoms with Crippen LogP contribution >= 0.6 is 22.9 Å². The molecule has 2 heterocycles. The molecule has 0 radical (unpaired) electrons. The zero-order chi connectivity index (χ0) is 12.3. The van der Waals surface area contributed by atoms with Gasteiger partial charge in [-0.05, 0) is 24.6 Å². The van der Waals surface area contributed by atoms with Crippen molar-refractivity contribution in [2.75, 3.05) is 5.32 Å². The molecule has 0 aromatic carbocycles. The molecule has 2 rings (SSSR count). The molecule has 0 aliphatic heterocycles. The molecule has 0 spiro atoms. The number of nitrogens with zero attached hydrogens (tertiary/aromatic N) is 1. The molecule has 1 N–H and O–H groups in total. The van der Waals surface area contributed by atoms with Crippen LogP contribution in [0.15, 0.2) is 24.4 Å². The first-order valence-electron chi connectivity index (χ1n) is 5.31. The number of thiophene rings is 1. The van der Waals surface area contributed by atoms with E-state index in [1.165, 1.54) is 17.1 Å². The summed E-state index contributed by atoms with van der Waals surface area (Å²) in [6.07, 6.45) is 2.46. The van der Waals surface area contributed by atoms with E-state index >= 15 is 0 Å². The molecule has 0 amide bonds. The molecule has 2 nitrogen and oxygen atoms in total. The van der Waals surface area contributed by atoms with E-state index in [-0.39, 0.29) is 5.82 Å². The van der Waals surface area contributed by atoms with Crippen LogP contribution in [0, 0.1) is 5.82 Å². The minimum Gasteiger partial charge on any atom is -0.363 e. The van der Waals surface area contributed by atoms with Gasteiger partial charge in [0.15, 0.2) is 11.6 Å². The molecular weight excluding hydrogens is 259 g/mol. The summed E-state index contributed by atoms with van der Waals surface area (Å²) in [7, 11) is 0. The maximum Gasteiger partial charge on any atom is 0.166 e. The van der Waals surface area contributed by atoms with E-state index in [0.29, 0.717) is 11.6 Å². The average molecular weight is 271 g/mol. The van der Waals surface area contributed by atoms with Crippen molar-refractivity contribution in [3.05, 3.63) is 45.0 Å². The van der Waals surface area contributed by atoms with Crippen molar-refractivity contribution in [2.24, 2.45) is 0 Å². The van der Waals surface area contributed by atoms with Gasteiger partial charge in [-0.25, -0.2) is 9.37 Å². The number of aryl methyl sites for hydroxylation is 1. The number of aromatic nitrogens is 1. The Kier molecular flexibility index (Phi) is 3.97. The summed E-state index contributed by atoms with van der Waals surface area (Å²) < 4.78 is 13.4. The van der Waals surface area contributed by atoms with E-state index in [1.54, 1.807) is 11.3 Å². The van der Waals surface area contributed by atoms with Crippen molar-refractivity contribution in [2.45, 2.75) is 19.9 Å². The number of halogens is 2. The van der Waals surface area contributed by atoms with Crippen LogP contribution in [0.4, 0.5) is 10.2 Å². The van der Waals surface area contributed by atoms with Crippen LogP contribution < -0.4 is 5.32 Å². The number of rotatable bonds is 4. The van der Waals surface area contributed by atoms with Gasteiger partial charge in [-0.15, -0.1) is 11.3 Å². The SMILES string of the molecule is CCc1ccc(CNc2ncc(Cl)cc2F)s1. The Bertz CT molecular complexity index is 513. The van der Waals surface area contributed by atoms with Gasteiger partial charge in [-0.2, -0.15) is 0 Å². The first-order chi connectivity index (χ1) is 8.19. The second-order valence-corrected chi connectivity index (χ2v) is 5.25. The van der Waals surface area contributed by atoms with E-state index in [4.69, 9.17) is 11.6 Å². The highest BCUT2D eigenvalue weighted by Gasteiger charge is 2.05. The molecule has 0 saturated carbocycles. The highest BCUT2D eigenvalue weighted by Crippen LogP contribution is 2.20. The molecule has 0 unspecified atom stereocenters. The predicted octanol–water partition coefficient (Wildman–Crippen LogP) is 4.11. The van der Waals surface area contributed by atoms with Gasteiger partial charge in [0, 0.05) is 16.0 Å². The topological polar surface area (TPSA) is 24.9 Å². The van der Waals surface area contributed by atoms with Crippen molar-refractivity contribution in [1.29, 1.82) is 0 Å². The van der Waals surface area contributed by atoms with Crippen LogP contribution in [0.5, 0.6) is 0 Å². The summed E-state index contributed by atoms with van der Waals surface area (Å²) in [6, 6.07) is 5.39. The number of anilines is 1. The quantitative estimate of drug-likeness (QED) is 0.904. The molecule has 0 atom stereocenters. The summed E-state index contributed by atoms with van der Waals surface area (Å²) >= 11 is 7.35. The van der Waals surface area contributed by atoms with E-state index < -0.39 is 5.82 Å². The van der Waals surface area contributed by atoms with Crippen molar-refractivity contribution in [3.63, 3.8) is 0 Å². The number of nitrogens with one attached hydrogen (secondary N) is 1. The van der Waals surface area contributed by atoms with Crippen molar-refractivity contribution < 1.29 is 4.39 Å². The molecule has 0 saturated heterocycles. The molecule has 17 heavy (non-hydrogen) atoms. The summed E-state index contributed by atoms with van der Waals surface area (Å²) in [6.45, 7) is 2.69. The maximum absolute atomic E-state index is 13.4. The van der Waals surface area contributed by atoms with Crippen LogP contribution in [0.3, 0.4) is 0 Å². The molecule has 0 bridgehead atoms. The average Bonchev–Trinajstić information content (AvgIpc) is 2.76. The standard InChI is InChI=1S/C12H12ClFN2S/c1-2-9-3-4-10(17-9)7-16-12-11(14)5-8(13)6-15-12/h3-6H,2,7H2,1H3,(H,15,16). The van der Waals surface area contributed by atoms with Crippen LogP contribution in [0.25, 0.3) is 0 Å². The lowest BCUT2D eigenvalue weighted by Gasteiger charge is -2.04. The Labute approximate surface area is 108 Å². The van der Waals surface area contributed by atoms with Gasteiger partial charge >= 0.3 is 0 Å². The van der Waals surface area contributed by atoms with Crippen LogP contribution in [0.2, 0.25) is 5.02 Å². The summed E-state index contributed by atoms with van der Waals surface area (Å²) in [5.41, 5.74) is 0. The van der Waals surface area contributed by atoms with Crippen LogP contribution in [-0.4, -0.2) is 4.98 Å². The second kappa shape index (κ2) is 5.47. The van der Waals surface area contributed by atoms with Crippen molar-refractivity contribution in [3.8, 4) is 0 Å².